The molecule has 1 aromatic carbocycles. The Hall–Kier alpha value is -2.90. The van der Waals surface area contributed by atoms with Gasteiger partial charge in [0, 0.05) is 0 Å². The van der Waals surface area contributed by atoms with Crippen LogP contribution < -0.4 is 16.2 Å². The molecule has 21 heavy (non-hydrogen) atoms. The zero-order chi connectivity index (χ0) is 15.2. The van der Waals surface area contributed by atoms with E-state index in [0.29, 0.717) is 17.9 Å². The van der Waals surface area contributed by atoms with E-state index in [1.54, 1.807) is 24.3 Å². The molecule has 8 heteroatoms. The van der Waals surface area contributed by atoms with Crippen molar-refractivity contribution in [3.05, 3.63) is 35.7 Å². The molecule has 0 unspecified atom stereocenters. The van der Waals surface area contributed by atoms with Crippen LogP contribution in [0.2, 0.25) is 0 Å². The van der Waals surface area contributed by atoms with Gasteiger partial charge in [0.25, 0.3) is 0 Å². The van der Waals surface area contributed by atoms with Crippen molar-refractivity contribution in [3.63, 3.8) is 0 Å². The van der Waals surface area contributed by atoms with Gasteiger partial charge in [-0.05, 0) is 31.2 Å². The maximum atomic E-state index is 11.9. The Bertz CT molecular complexity index is 610. The van der Waals surface area contributed by atoms with E-state index in [0.717, 1.165) is 0 Å². The smallest absolute Gasteiger partial charge is 0.338 e. The van der Waals surface area contributed by atoms with Gasteiger partial charge in [-0.25, -0.2) is 4.79 Å². The molecule has 0 aliphatic heterocycles. The maximum Gasteiger partial charge on any atom is 0.338 e. The maximum absolute atomic E-state index is 11.9. The summed E-state index contributed by atoms with van der Waals surface area (Å²) in [4.78, 5) is 23.1. The van der Waals surface area contributed by atoms with Gasteiger partial charge in [-0.1, -0.05) is 0 Å². The zero-order valence-corrected chi connectivity index (χ0v) is 11.4. The van der Waals surface area contributed by atoms with E-state index in [9.17, 15) is 4.79 Å². The average molecular weight is 289 g/mol. The first-order chi connectivity index (χ1) is 10.1. The quantitative estimate of drug-likeness (QED) is 0.773. The molecular weight excluding hydrogens is 274 g/mol. The first-order valence-electron chi connectivity index (χ1n) is 6.24. The number of nitrogens with zero attached hydrogens (tertiary/aromatic N) is 3. The summed E-state index contributed by atoms with van der Waals surface area (Å²) < 4.78 is 10.4. The predicted octanol–water partition coefficient (Wildman–Crippen LogP) is 0.792. The first kappa shape index (κ1) is 14.5. The molecule has 0 saturated heterocycles. The molecule has 0 atom stereocenters. The van der Waals surface area contributed by atoms with E-state index in [-0.39, 0.29) is 24.3 Å². The monoisotopic (exact) mass is 289 g/mol. The number of rotatable bonds is 5. The van der Waals surface area contributed by atoms with Crippen molar-refractivity contribution in [2.24, 2.45) is 0 Å². The highest BCUT2D eigenvalue weighted by Gasteiger charge is 2.09. The summed E-state index contributed by atoms with van der Waals surface area (Å²) in [6, 6.07) is 6.62. The molecule has 0 aliphatic rings. The van der Waals surface area contributed by atoms with Crippen molar-refractivity contribution in [1.29, 1.82) is 0 Å². The van der Waals surface area contributed by atoms with Crippen LogP contribution in [0.25, 0.3) is 0 Å². The summed E-state index contributed by atoms with van der Waals surface area (Å²) in [5.41, 5.74) is 11.2. The van der Waals surface area contributed by atoms with E-state index in [1.165, 1.54) is 0 Å². The average Bonchev–Trinajstić information content (AvgIpc) is 2.45. The molecule has 8 nitrogen and oxygen atoms in total. The fourth-order valence-corrected chi connectivity index (χ4v) is 1.59. The van der Waals surface area contributed by atoms with E-state index < -0.39 is 5.97 Å². The van der Waals surface area contributed by atoms with Gasteiger partial charge in [-0.3, -0.25) is 0 Å². The van der Waals surface area contributed by atoms with Crippen LogP contribution in [0.3, 0.4) is 0 Å². The van der Waals surface area contributed by atoms with Crippen LogP contribution in [0.4, 0.5) is 11.9 Å². The summed E-state index contributed by atoms with van der Waals surface area (Å²) >= 11 is 0. The number of hydrogen-bond donors (Lipinski definition) is 2. The van der Waals surface area contributed by atoms with E-state index in [2.05, 4.69) is 15.0 Å². The fourth-order valence-electron chi connectivity index (χ4n) is 1.59. The highest BCUT2D eigenvalue weighted by atomic mass is 16.5. The second-order valence-corrected chi connectivity index (χ2v) is 4.00. The Morgan fingerprint density at radius 1 is 1.10 bits per heavy atom. The number of ether oxygens (including phenoxy) is 2. The van der Waals surface area contributed by atoms with Crippen LogP contribution in [0.1, 0.15) is 23.1 Å². The number of aromatic nitrogens is 3. The molecule has 0 bridgehead atoms. The Morgan fingerprint density at radius 3 is 2.29 bits per heavy atom. The molecule has 0 fully saturated rings. The van der Waals surface area contributed by atoms with Crippen LogP contribution in [0.15, 0.2) is 24.3 Å². The van der Waals surface area contributed by atoms with Gasteiger partial charge in [0.2, 0.25) is 11.9 Å². The van der Waals surface area contributed by atoms with Crippen molar-refractivity contribution in [2.75, 3.05) is 18.1 Å². The number of hydrogen-bond acceptors (Lipinski definition) is 8. The Balaban J connectivity index is 1.97. The van der Waals surface area contributed by atoms with Gasteiger partial charge >= 0.3 is 5.97 Å². The highest BCUT2D eigenvalue weighted by Crippen LogP contribution is 2.13. The van der Waals surface area contributed by atoms with Crippen LogP contribution in [0, 0.1) is 0 Å². The van der Waals surface area contributed by atoms with Crippen molar-refractivity contribution < 1.29 is 14.3 Å². The van der Waals surface area contributed by atoms with Crippen LogP contribution in [-0.2, 0) is 11.3 Å². The largest absolute Gasteiger partial charge is 0.494 e. The second-order valence-electron chi connectivity index (χ2n) is 4.00. The Kier molecular flexibility index (Phi) is 4.50. The van der Waals surface area contributed by atoms with E-state index in [1.807, 2.05) is 6.92 Å². The molecule has 0 amide bonds. The number of carbonyl (C=O) groups excluding carboxylic acids is 1. The summed E-state index contributed by atoms with van der Waals surface area (Å²) in [6.07, 6.45) is 0. The topological polar surface area (TPSA) is 126 Å². The number of esters is 1. The lowest BCUT2D eigenvalue weighted by atomic mass is 10.2. The van der Waals surface area contributed by atoms with Crippen LogP contribution in [-0.4, -0.2) is 27.5 Å². The lowest BCUT2D eigenvalue weighted by molar-refractivity contribution is 0.0462. The molecule has 0 aliphatic carbocycles. The standard InChI is InChI=1S/C13H15N5O3/c1-2-20-9-5-3-8(4-6-9)11(19)21-7-10-16-12(14)18-13(15)17-10/h3-6H,2,7H2,1H3,(H4,14,15,16,17,18). The van der Waals surface area contributed by atoms with Crippen molar-refractivity contribution >= 4 is 17.9 Å². The first-order valence-corrected chi connectivity index (χ1v) is 6.24. The van der Waals surface area contributed by atoms with Gasteiger partial charge < -0.3 is 20.9 Å². The van der Waals surface area contributed by atoms with Gasteiger partial charge in [0.15, 0.2) is 12.4 Å². The van der Waals surface area contributed by atoms with Gasteiger partial charge in [-0.15, -0.1) is 0 Å². The third kappa shape index (κ3) is 4.03. The normalized spacial score (nSPS) is 10.1. The number of nitrogen functional groups attached to an aromatic ring is 2. The summed E-state index contributed by atoms with van der Waals surface area (Å²) in [7, 11) is 0. The molecule has 0 radical (unpaired) electrons. The van der Waals surface area contributed by atoms with Crippen LogP contribution >= 0.6 is 0 Å². The number of anilines is 2. The minimum absolute atomic E-state index is 0.0189. The number of nitrogens with two attached hydrogens (primary N) is 2. The molecule has 110 valence electrons. The van der Waals surface area contributed by atoms with Crippen molar-refractivity contribution in [1.82, 2.24) is 15.0 Å². The van der Waals surface area contributed by atoms with Crippen LogP contribution in [0.5, 0.6) is 5.75 Å². The lowest BCUT2D eigenvalue weighted by Gasteiger charge is -2.06. The zero-order valence-electron chi connectivity index (χ0n) is 11.4. The fraction of sp³-hybridized carbons (Fsp3) is 0.231. The molecule has 1 aromatic heterocycles. The number of carbonyl (C=O) groups is 1. The van der Waals surface area contributed by atoms with Gasteiger partial charge in [-0.2, -0.15) is 15.0 Å². The van der Waals surface area contributed by atoms with Crippen molar-refractivity contribution in [3.8, 4) is 5.75 Å². The third-order valence-electron chi connectivity index (χ3n) is 2.45. The Morgan fingerprint density at radius 2 is 1.71 bits per heavy atom. The number of benzene rings is 1. The highest BCUT2D eigenvalue weighted by molar-refractivity contribution is 5.89. The Labute approximate surface area is 121 Å². The van der Waals surface area contributed by atoms with E-state index in [4.69, 9.17) is 20.9 Å². The molecular formula is C13H15N5O3. The molecule has 1 heterocycles. The SMILES string of the molecule is CCOc1ccc(C(=O)OCc2nc(N)nc(N)n2)cc1. The van der Waals surface area contributed by atoms with E-state index >= 15 is 0 Å². The molecule has 2 aromatic rings. The molecule has 0 saturated carbocycles. The summed E-state index contributed by atoms with van der Waals surface area (Å²) in [5.74, 6) is 0.339. The molecule has 0 spiro atoms. The third-order valence-corrected chi connectivity index (χ3v) is 2.45. The second kappa shape index (κ2) is 6.51. The minimum atomic E-state index is -0.504. The van der Waals surface area contributed by atoms with Crippen molar-refractivity contribution in [2.45, 2.75) is 13.5 Å². The molecule has 2 rings (SSSR count). The summed E-state index contributed by atoms with van der Waals surface area (Å²) in [6.45, 7) is 2.31. The summed E-state index contributed by atoms with van der Waals surface area (Å²) in [5, 5.41) is 0. The lowest BCUT2D eigenvalue weighted by Crippen LogP contribution is -2.11. The molecule has 4 N–H and O–H groups in total. The predicted molar refractivity (Wildman–Crippen MR) is 75.4 cm³/mol. The minimum Gasteiger partial charge on any atom is -0.494 e. The van der Waals surface area contributed by atoms with Gasteiger partial charge in [0.05, 0.1) is 12.2 Å². The van der Waals surface area contributed by atoms with Gasteiger partial charge in [0.1, 0.15) is 5.75 Å².